The number of aryl methyl sites for hydroxylation is 1. The molecule has 8 nitrogen and oxygen atoms in total. The highest BCUT2D eigenvalue weighted by Crippen LogP contribution is 2.48. The van der Waals surface area contributed by atoms with E-state index in [4.69, 9.17) is 0 Å². The molecule has 1 amide bonds. The lowest BCUT2D eigenvalue weighted by atomic mass is 9.69. The number of dihydropyridines is 1. The molecule has 1 heterocycles. The minimum absolute atomic E-state index is 0.0447. The van der Waals surface area contributed by atoms with Crippen LogP contribution >= 0.6 is 11.8 Å². The van der Waals surface area contributed by atoms with Crippen LogP contribution in [0.3, 0.4) is 0 Å². The standard InChI is InChI=1S/C27H26N4O4S/c1-16-6-4-8-18(10-16)29-23(33)15-36-26-20(14-28)24(17-7-5-9-19(11-17)31(34)35)25-21(30-26)12-27(2,3)13-22(25)32/h4-11,24,30H,12-13,15H2,1-3H3,(H,29,33)/t24-/m0/s1. The Morgan fingerprint density at radius 2 is 2.00 bits per heavy atom. The van der Waals surface area contributed by atoms with E-state index < -0.39 is 10.8 Å². The summed E-state index contributed by atoms with van der Waals surface area (Å²) in [7, 11) is 0. The molecular formula is C27H26N4O4S. The largest absolute Gasteiger partial charge is 0.352 e. The third-order valence-electron chi connectivity index (χ3n) is 6.19. The monoisotopic (exact) mass is 502 g/mol. The molecule has 4 rings (SSSR count). The predicted molar refractivity (Wildman–Crippen MR) is 139 cm³/mol. The third-order valence-corrected chi connectivity index (χ3v) is 7.21. The van der Waals surface area contributed by atoms with Gasteiger partial charge in [-0.2, -0.15) is 5.26 Å². The number of nitrogens with one attached hydrogen (secondary N) is 2. The summed E-state index contributed by atoms with van der Waals surface area (Å²) >= 11 is 1.18. The molecule has 184 valence electrons. The molecule has 9 heteroatoms. The molecule has 0 saturated carbocycles. The summed E-state index contributed by atoms with van der Waals surface area (Å²) in [4.78, 5) is 36.9. The molecule has 0 spiro atoms. The summed E-state index contributed by atoms with van der Waals surface area (Å²) in [5, 5.41) is 28.2. The first-order valence-electron chi connectivity index (χ1n) is 11.5. The van der Waals surface area contributed by atoms with Crippen LogP contribution in [0, 0.1) is 33.8 Å². The number of nitro groups is 1. The van der Waals surface area contributed by atoms with Crippen molar-refractivity contribution in [2.75, 3.05) is 11.1 Å². The van der Waals surface area contributed by atoms with E-state index in [-0.39, 0.29) is 34.1 Å². The fraction of sp³-hybridized carbons (Fsp3) is 0.296. The van der Waals surface area contributed by atoms with E-state index in [1.54, 1.807) is 18.2 Å². The summed E-state index contributed by atoms with van der Waals surface area (Å²) in [6.07, 6.45) is 0.900. The first-order chi connectivity index (χ1) is 17.1. The van der Waals surface area contributed by atoms with Crippen molar-refractivity contribution in [2.24, 2.45) is 5.41 Å². The Morgan fingerprint density at radius 3 is 2.69 bits per heavy atom. The zero-order valence-corrected chi connectivity index (χ0v) is 21.1. The summed E-state index contributed by atoms with van der Waals surface area (Å²) in [6.45, 7) is 5.95. The number of anilines is 1. The first-order valence-corrected chi connectivity index (χ1v) is 12.5. The van der Waals surface area contributed by atoms with Crippen LogP contribution in [0.2, 0.25) is 0 Å². The second kappa shape index (κ2) is 9.99. The number of non-ortho nitro benzene ring substituents is 1. The van der Waals surface area contributed by atoms with Crippen molar-refractivity contribution in [3.05, 3.63) is 91.6 Å². The SMILES string of the molecule is Cc1cccc(NC(=O)CSC2=C(C#N)[C@H](c3cccc([N+](=O)[O-])c3)C3=C(CC(C)(C)CC3=O)N2)c1. The van der Waals surface area contributed by atoms with Gasteiger partial charge in [-0.1, -0.05) is 49.9 Å². The van der Waals surface area contributed by atoms with Crippen LogP contribution in [0.15, 0.2) is 70.4 Å². The van der Waals surface area contributed by atoms with Crippen LogP contribution in [-0.4, -0.2) is 22.4 Å². The van der Waals surface area contributed by atoms with Crippen molar-refractivity contribution < 1.29 is 14.5 Å². The van der Waals surface area contributed by atoms with Crippen LogP contribution in [0.4, 0.5) is 11.4 Å². The summed E-state index contributed by atoms with van der Waals surface area (Å²) in [5.74, 6) is -1.01. The zero-order chi connectivity index (χ0) is 26.0. The number of hydrogen-bond acceptors (Lipinski definition) is 7. The van der Waals surface area contributed by atoms with Gasteiger partial charge in [-0.3, -0.25) is 19.7 Å². The van der Waals surface area contributed by atoms with Gasteiger partial charge in [0.05, 0.1) is 33.3 Å². The molecule has 1 aliphatic heterocycles. The zero-order valence-electron chi connectivity index (χ0n) is 20.3. The minimum atomic E-state index is -0.739. The summed E-state index contributed by atoms with van der Waals surface area (Å²) in [5.41, 5.74) is 3.27. The van der Waals surface area contributed by atoms with Crippen LogP contribution in [0.1, 0.15) is 43.7 Å². The van der Waals surface area contributed by atoms with Crippen molar-refractivity contribution in [1.82, 2.24) is 5.32 Å². The Kier molecular flexibility index (Phi) is 7.00. The number of rotatable bonds is 6. The minimum Gasteiger partial charge on any atom is -0.352 e. The number of nitro benzene ring substituents is 1. The van der Waals surface area contributed by atoms with Gasteiger partial charge in [-0.05, 0) is 42.0 Å². The molecule has 2 aromatic carbocycles. The number of thioether (sulfide) groups is 1. The van der Waals surface area contributed by atoms with Crippen molar-refractivity contribution in [1.29, 1.82) is 5.26 Å². The molecule has 0 saturated heterocycles. The van der Waals surface area contributed by atoms with Gasteiger partial charge < -0.3 is 10.6 Å². The maximum absolute atomic E-state index is 13.3. The third kappa shape index (κ3) is 5.34. The number of carbonyl (C=O) groups is 2. The van der Waals surface area contributed by atoms with Gasteiger partial charge in [-0.25, -0.2) is 0 Å². The van der Waals surface area contributed by atoms with Crippen LogP contribution in [0.25, 0.3) is 0 Å². The van der Waals surface area contributed by atoms with E-state index in [0.29, 0.717) is 40.4 Å². The predicted octanol–water partition coefficient (Wildman–Crippen LogP) is 5.34. The van der Waals surface area contributed by atoms with Gasteiger partial charge in [0.1, 0.15) is 0 Å². The fourth-order valence-corrected chi connectivity index (χ4v) is 5.56. The Balaban J connectivity index is 1.69. The van der Waals surface area contributed by atoms with Crippen LogP contribution in [0.5, 0.6) is 0 Å². The lowest BCUT2D eigenvalue weighted by molar-refractivity contribution is -0.384. The van der Waals surface area contributed by atoms with Gasteiger partial charge in [0.15, 0.2) is 5.78 Å². The maximum atomic E-state index is 13.3. The molecule has 1 aliphatic carbocycles. The van der Waals surface area contributed by atoms with Gasteiger partial charge >= 0.3 is 0 Å². The number of benzene rings is 2. The number of allylic oxidation sites excluding steroid dienone is 3. The van der Waals surface area contributed by atoms with Crippen molar-refractivity contribution in [2.45, 2.75) is 39.5 Å². The second-order valence-electron chi connectivity index (χ2n) is 9.80. The number of hydrogen-bond donors (Lipinski definition) is 2. The highest BCUT2D eigenvalue weighted by Gasteiger charge is 2.42. The molecule has 2 aromatic rings. The quantitative estimate of drug-likeness (QED) is 0.403. The van der Waals surface area contributed by atoms with E-state index in [9.17, 15) is 25.0 Å². The summed E-state index contributed by atoms with van der Waals surface area (Å²) < 4.78 is 0. The molecule has 0 aromatic heterocycles. The number of ketones is 1. The van der Waals surface area contributed by atoms with E-state index in [1.807, 2.05) is 39.0 Å². The van der Waals surface area contributed by atoms with E-state index in [1.165, 1.54) is 23.9 Å². The highest BCUT2D eigenvalue weighted by atomic mass is 32.2. The number of nitriles is 1. The molecule has 2 N–H and O–H groups in total. The fourth-order valence-electron chi connectivity index (χ4n) is 4.70. The number of amides is 1. The van der Waals surface area contributed by atoms with Crippen molar-refractivity contribution in [3.63, 3.8) is 0 Å². The van der Waals surface area contributed by atoms with Gasteiger partial charge in [0, 0.05) is 35.5 Å². The maximum Gasteiger partial charge on any atom is 0.269 e. The number of carbonyl (C=O) groups excluding carboxylic acids is 2. The molecule has 0 bridgehead atoms. The van der Waals surface area contributed by atoms with E-state index in [0.717, 1.165) is 5.56 Å². The Morgan fingerprint density at radius 1 is 1.25 bits per heavy atom. The molecule has 0 radical (unpaired) electrons. The molecular weight excluding hydrogens is 476 g/mol. The van der Waals surface area contributed by atoms with Gasteiger partial charge in [-0.15, -0.1) is 0 Å². The van der Waals surface area contributed by atoms with Crippen LogP contribution in [-0.2, 0) is 9.59 Å². The lowest BCUT2D eigenvalue weighted by Crippen LogP contribution is -2.37. The number of Topliss-reactive ketones (excluding diaryl/α,β-unsaturated/α-hetero) is 1. The van der Waals surface area contributed by atoms with E-state index in [2.05, 4.69) is 16.7 Å². The molecule has 36 heavy (non-hydrogen) atoms. The molecule has 2 aliphatic rings. The van der Waals surface area contributed by atoms with E-state index >= 15 is 0 Å². The summed E-state index contributed by atoms with van der Waals surface area (Å²) in [6, 6.07) is 15.7. The number of nitrogens with zero attached hydrogens (tertiary/aromatic N) is 2. The van der Waals surface area contributed by atoms with Crippen molar-refractivity contribution >= 4 is 34.8 Å². The van der Waals surface area contributed by atoms with Gasteiger partial charge in [0.25, 0.3) is 5.69 Å². The normalized spacial score (nSPS) is 18.7. The average molecular weight is 503 g/mol. The molecule has 0 unspecified atom stereocenters. The first kappa shape index (κ1) is 25.2. The molecule has 1 atom stereocenters. The average Bonchev–Trinajstić information content (AvgIpc) is 2.81. The smallest absolute Gasteiger partial charge is 0.269 e. The topological polar surface area (TPSA) is 125 Å². The lowest BCUT2D eigenvalue weighted by Gasteiger charge is -2.39. The molecule has 0 fully saturated rings. The van der Waals surface area contributed by atoms with Crippen LogP contribution < -0.4 is 10.6 Å². The Bertz CT molecular complexity index is 1370. The Hall–Kier alpha value is -3.90. The van der Waals surface area contributed by atoms with Crippen molar-refractivity contribution in [3.8, 4) is 6.07 Å². The Labute approximate surface area is 213 Å². The highest BCUT2D eigenvalue weighted by molar-refractivity contribution is 8.03. The second-order valence-corrected chi connectivity index (χ2v) is 10.8. The van der Waals surface area contributed by atoms with Gasteiger partial charge in [0.2, 0.25) is 5.91 Å².